The molecule has 0 amide bonds. The molecule has 0 atom stereocenters. The standard InChI is InChI=1S/C10H14N4O/c1-15-5-4-11-7-8-2-3-9-10(6-8)13-14-12-9/h2-3,6,11H,4-5,7H2,1H3,(H,12,13,14). The molecule has 1 heterocycles. The number of nitrogens with zero attached hydrogens (tertiary/aromatic N) is 2. The highest BCUT2D eigenvalue weighted by Gasteiger charge is 1.99. The van der Waals surface area contributed by atoms with Crippen LogP contribution in [0.2, 0.25) is 0 Å². The van der Waals surface area contributed by atoms with E-state index >= 15 is 0 Å². The maximum absolute atomic E-state index is 4.95. The fraction of sp³-hybridized carbons (Fsp3) is 0.400. The Hall–Kier alpha value is -1.46. The number of fused-ring (bicyclic) bond motifs is 1. The molecule has 2 N–H and O–H groups in total. The number of methoxy groups -OCH3 is 1. The first-order valence-electron chi connectivity index (χ1n) is 4.89. The predicted octanol–water partition coefficient (Wildman–Crippen LogP) is 0.694. The number of H-pyrrole nitrogens is 1. The van der Waals surface area contributed by atoms with Crippen molar-refractivity contribution in [2.75, 3.05) is 20.3 Å². The van der Waals surface area contributed by atoms with Gasteiger partial charge in [0.15, 0.2) is 0 Å². The summed E-state index contributed by atoms with van der Waals surface area (Å²) < 4.78 is 4.95. The number of aromatic nitrogens is 3. The van der Waals surface area contributed by atoms with Crippen molar-refractivity contribution in [1.29, 1.82) is 0 Å². The molecule has 0 radical (unpaired) electrons. The summed E-state index contributed by atoms with van der Waals surface area (Å²) in [5, 5.41) is 13.9. The molecule has 0 aliphatic heterocycles. The molecule has 0 aliphatic carbocycles. The number of hydrogen-bond donors (Lipinski definition) is 2. The van der Waals surface area contributed by atoms with Gasteiger partial charge in [-0.3, -0.25) is 0 Å². The molecule has 15 heavy (non-hydrogen) atoms. The van der Waals surface area contributed by atoms with Crippen molar-refractivity contribution in [3.63, 3.8) is 0 Å². The first-order valence-corrected chi connectivity index (χ1v) is 4.89. The lowest BCUT2D eigenvalue weighted by atomic mass is 10.2. The predicted molar refractivity (Wildman–Crippen MR) is 57.5 cm³/mol. The van der Waals surface area contributed by atoms with Crippen molar-refractivity contribution in [3.05, 3.63) is 23.8 Å². The van der Waals surface area contributed by atoms with E-state index in [4.69, 9.17) is 4.74 Å². The van der Waals surface area contributed by atoms with E-state index in [1.54, 1.807) is 7.11 Å². The van der Waals surface area contributed by atoms with Crippen LogP contribution >= 0.6 is 0 Å². The van der Waals surface area contributed by atoms with E-state index in [1.165, 1.54) is 5.56 Å². The third-order valence-corrected chi connectivity index (χ3v) is 2.19. The van der Waals surface area contributed by atoms with Gasteiger partial charge in [-0.25, -0.2) is 0 Å². The number of benzene rings is 1. The lowest BCUT2D eigenvalue weighted by molar-refractivity contribution is 0.199. The molecule has 5 heteroatoms. The molecule has 2 aromatic rings. The van der Waals surface area contributed by atoms with Crippen molar-refractivity contribution in [3.8, 4) is 0 Å². The summed E-state index contributed by atoms with van der Waals surface area (Å²) in [6.07, 6.45) is 0. The topological polar surface area (TPSA) is 62.8 Å². The molecule has 0 saturated carbocycles. The van der Waals surface area contributed by atoms with Crippen molar-refractivity contribution in [2.24, 2.45) is 0 Å². The average molecular weight is 206 g/mol. The summed E-state index contributed by atoms with van der Waals surface area (Å²) in [4.78, 5) is 0. The van der Waals surface area contributed by atoms with Crippen molar-refractivity contribution >= 4 is 11.0 Å². The highest BCUT2D eigenvalue weighted by Crippen LogP contribution is 2.09. The minimum Gasteiger partial charge on any atom is -0.383 e. The zero-order chi connectivity index (χ0) is 10.5. The number of aromatic amines is 1. The van der Waals surface area contributed by atoms with E-state index in [2.05, 4.69) is 20.7 Å². The van der Waals surface area contributed by atoms with E-state index in [0.717, 1.165) is 30.7 Å². The molecule has 1 aromatic heterocycles. The van der Waals surface area contributed by atoms with Crippen LogP contribution < -0.4 is 5.32 Å². The van der Waals surface area contributed by atoms with E-state index in [9.17, 15) is 0 Å². The van der Waals surface area contributed by atoms with Gasteiger partial charge in [-0.2, -0.15) is 15.4 Å². The molecule has 2 rings (SSSR count). The monoisotopic (exact) mass is 206 g/mol. The maximum atomic E-state index is 4.95. The van der Waals surface area contributed by atoms with Crippen molar-refractivity contribution in [1.82, 2.24) is 20.7 Å². The largest absolute Gasteiger partial charge is 0.383 e. The molecule has 0 aliphatic rings. The summed E-state index contributed by atoms with van der Waals surface area (Å²) in [6, 6.07) is 6.04. The Kier molecular flexibility index (Phi) is 3.26. The van der Waals surface area contributed by atoms with Crippen molar-refractivity contribution < 1.29 is 4.74 Å². The fourth-order valence-electron chi connectivity index (χ4n) is 1.40. The van der Waals surface area contributed by atoms with Gasteiger partial charge in [0.05, 0.1) is 6.61 Å². The fourth-order valence-corrected chi connectivity index (χ4v) is 1.40. The van der Waals surface area contributed by atoms with Gasteiger partial charge < -0.3 is 10.1 Å². The van der Waals surface area contributed by atoms with Crippen LogP contribution in [0.1, 0.15) is 5.56 Å². The summed E-state index contributed by atoms with van der Waals surface area (Å²) in [5.74, 6) is 0. The lowest BCUT2D eigenvalue weighted by Gasteiger charge is -2.03. The van der Waals surface area contributed by atoms with E-state index in [-0.39, 0.29) is 0 Å². The molecule has 0 spiro atoms. The zero-order valence-corrected chi connectivity index (χ0v) is 8.66. The van der Waals surface area contributed by atoms with Crippen LogP contribution in [0.3, 0.4) is 0 Å². The molecule has 0 bridgehead atoms. The minimum atomic E-state index is 0.728. The molecule has 0 saturated heterocycles. The van der Waals surface area contributed by atoms with Crippen LogP contribution in [-0.2, 0) is 11.3 Å². The highest BCUT2D eigenvalue weighted by atomic mass is 16.5. The number of hydrogen-bond acceptors (Lipinski definition) is 4. The Morgan fingerprint density at radius 1 is 1.33 bits per heavy atom. The van der Waals surface area contributed by atoms with Gasteiger partial charge in [0.1, 0.15) is 11.0 Å². The molecule has 5 nitrogen and oxygen atoms in total. The van der Waals surface area contributed by atoms with Gasteiger partial charge in [0.2, 0.25) is 0 Å². The molecule has 1 aromatic carbocycles. The summed E-state index contributed by atoms with van der Waals surface area (Å²) in [6.45, 7) is 2.41. The van der Waals surface area contributed by atoms with E-state index in [0.29, 0.717) is 0 Å². The second kappa shape index (κ2) is 4.86. The van der Waals surface area contributed by atoms with Gasteiger partial charge in [0, 0.05) is 20.2 Å². The Morgan fingerprint density at radius 2 is 2.20 bits per heavy atom. The van der Waals surface area contributed by atoms with E-state index < -0.39 is 0 Å². The summed E-state index contributed by atoms with van der Waals surface area (Å²) >= 11 is 0. The normalized spacial score (nSPS) is 11.0. The lowest BCUT2D eigenvalue weighted by Crippen LogP contribution is -2.18. The molecular formula is C10H14N4O. The summed E-state index contributed by atoms with van der Waals surface area (Å²) in [5.41, 5.74) is 3.00. The highest BCUT2D eigenvalue weighted by molar-refractivity contribution is 5.74. The Bertz CT molecular complexity index is 426. The van der Waals surface area contributed by atoms with Gasteiger partial charge in [0.25, 0.3) is 0 Å². The molecule has 80 valence electrons. The SMILES string of the molecule is COCCNCc1ccc2n[nH]nc2c1. The third kappa shape index (κ3) is 2.51. The van der Waals surface area contributed by atoms with Crippen LogP contribution in [0.15, 0.2) is 18.2 Å². The second-order valence-corrected chi connectivity index (χ2v) is 3.32. The van der Waals surface area contributed by atoms with Crippen LogP contribution in [0.25, 0.3) is 11.0 Å². The maximum Gasteiger partial charge on any atom is 0.113 e. The first-order chi connectivity index (χ1) is 7.40. The zero-order valence-electron chi connectivity index (χ0n) is 8.66. The van der Waals surface area contributed by atoms with Gasteiger partial charge in [-0.15, -0.1) is 0 Å². The number of ether oxygens (including phenoxy) is 1. The van der Waals surface area contributed by atoms with Crippen LogP contribution in [0.5, 0.6) is 0 Å². The minimum absolute atomic E-state index is 0.728. The smallest absolute Gasteiger partial charge is 0.113 e. The van der Waals surface area contributed by atoms with Crippen LogP contribution in [0.4, 0.5) is 0 Å². The average Bonchev–Trinajstić information content (AvgIpc) is 2.71. The molecule has 0 fully saturated rings. The van der Waals surface area contributed by atoms with Gasteiger partial charge >= 0.3 is 0 Å². The van der Waals surface area contributed by atoms with Gasteiger partial charge in [-0.1, -0.05) is 6.07 Å². The van der Waals surface area contributed by atoms with E-state index in [1.807, 2.05) is 18.2 Å². The quantitative estimate of drug-likeness (QED) is 0.707. The third-order valence-electron chi connectivity index (χ3n) is 2.19. The Labute approximate surface area is 87.8 Å². The van der Waals surface area contributed by atoms with Crippen molar-refractivity contribution in [2.45, 2.75) is 6.54 Å². The molecular weight excluding hydrogens is 192 g/mol. The summed E-state index contributed by atoms with van der Waals surface area (Å²) in [7, 11) is 1.70. The van der Waals surface area contributed by atoms with Crippen LogP contribution in [0, 0.1) is 0 Å². The second-order valence-electron chi connectivity index (χ2n) is 3.32. The van der Waals surface area contributed by atoms with Crippen LogP contribution in [-0.4, -0.2) is 35.7 Å². The number of rotatable bonds is 5. The number of nitrogens with one attached hydrogen (secondary N) is 2. The molecule has 0 unspecified atom stereocenters. The first kappa shape index (κ1) is 10.1. The van der Waals surface area contributed by atoms with Gasteiger partial charge in [-0.05, 0) is 17.7 Å². The Morgan fingerprint density at radius 3 is 3.07 bits per heavy atom. The Balaban J connectivity index is 1.96.